The van der Waals surface area contributed by atoms with E-state index in [0.717, 1.165) is 19.4 Å². The summed E-state index contributed by atoms with van der Waals surface area (Å²) in [6, 6.07) is 0.541. The van der Waals surface area contributed by atoms with Gasteiger partial charge in [0.25, 0.3) is 0 Å². The quantitative estimate of drug-likeness (QED) is 0.682. The Morgan fingerprint density at radius 2 is 2.12 bits per heavy atom. The second kappa shape index (κ2) is 5.30. The number of likely N-dealkylation sites (tertiary alicyclic amines) is 1. The van der Waals surface area contributed by atoms with Crippen LogP contribution in [-0.2, 0) is 9.59 Å². The van der Waals surface area contributed by atoms with E-state index in [1.165, 1.54) is 6.92 Å². The molecule has 0 aromatic rings. The summed E-state index contributed by atoms with van der Waals surface area (Å²) in [5.41, 5.74) is 0. The van der Waals surface area contributed by atoms with Crippen LogP contribution in [0.3, 0.4) is 0 Å². The van der Waals surface area contributed by atoms with Crippen LogP contribution in [0.5, 0.6) is 0 Å². The van der Waals surface area contributed by atoms with Gasteiger partial charge in [-0.1, -0.05) is 0 Å². The molecule has 92 valence electrons. The first-order valence-electron chi connectivity index (χ1n) is 5.65. The van der Waals surface area contributed by atoms with Gasteiger partial charge < -0.3 is 15.3 Å². The summed E-state index contributed by atoms with van der Waals surface area (Å²) >= 11 is 0. The van der Waals surface area contributed by atoms with E-state index < -0.39 is 11.9 Å². The van der Waals surface area contributed by atoms with E-state index in [4.69, 9.17) is 5.11 Å². The number of rotatable bonds is 3. The molecule has 1 heterocycles. The molecule has 3 unspecified atom stereocenters. The molecular weight excluding hydrogens is 208 g/mol. The Morgan fingerprint density at radius 3 is 2.62 bits per heavy atom. The molecule has 2 N–H and O–H groups in total. The molecule has 1 saturated heterocycles. The van der Waals surface area contributed by atoms with Crippen molar-refractivity contribution in [3.63, 3.8) is 0 Å². The lowest BCUT2D eigenvalue weighted by atomic mass is 9.98. The molecule has 1 aliphatic heterocycles. The molecule has 1 amide bonds. The third kappa shape index (κ3) is 3.20. The van der Waals surface area contributed by atoms with Crippen molar-refractivity contribution in [3.05, 3.63) is 0 Å². The van der Waals surface area contributed by atoms with Crippen molar-refractivity contribution in [3.8, 4) is 0 Å². The highest BCUT2D eigenvalue weighted by Gasteiger charge is 2.27. The molecule has 5 heteroatoms. The number of carbonyl (C=O) groups is 2. The van der Waals surface area contributed by atoms with Gasteiger partial charge in [0.2, 0.25) is 5.91 Å². The van der Waals surface area contributed by atoms with Crippen molar-refractivity contribution in [1.29, 1.82) is 0 Å². The molecule has 5 nitrogen and oxygen atoms in total. The summed E-state index contributed by atoms with van der Waals surface area (Å²) in [6.45, 7) is 4.46. The van der Waals surface area contributed by atoms with Gasteiger partial charge >= 0.3 is 5.97 Å². The zero-order valence-corrected chi connectivity index (χ0v) is 10.1. The molecule has 3 atom stereocenters. The number of nitrogens with one attached hydrogen (secondary N) is 1. The van der Waals surface area contributed by atoms with E-state index in [1.54, 1.807) is 0 Å². The standard InChI is InChI=1S/C11H20N2O3/c1-7-6-9(4-5-13(7)3)12-10(14)8(2)11(15)16/h7-9H,4-6H2,1-3H3,(H,12,14)(H,15,16). The van der Waals surface area contributed by atoms with Gasteiger partial charge in [-0.25, -0.2) is 0 Å². The predicted molar refractivity (Wildman–Crippen MR) is 60.1 cm³/mol. The van der Waals surface area contributed by atoms with Gasteiger partial charge in [0, 0.05) is 18.6 Å². The Balaban J connectivity index is 2.43. The smallest absolute Gasteiger partial charge is 0.315 e. The van der Waals surface area contributed by atoms with Gasteiger partial charge in [-0.2, -0.15) is 0 Å². The maximum Gasteiger partial charge on any atom is 0.315 e. The maximum atomic E-state index is 11.5. The molecule has 0 aromatic heterocycles. The number of carboxylic acids is 1. The molecule has 0 spiro atoms. The van der Waals surface area contributed by atoms with E-state index in [1.807, 2.05) is 0 Å². The Labute approximate surface area is 95.8 Å². The fourth-order valence-electron chi connectivity index (χ4n) is 1.86. The van der Waals surface area contributed by atoms with Gasteiger partial charge in [0.05, 0.1) is 0 Å². The molecule has 0 radical (unpaired) electrons. The van der Waals surface area contributed by atoms with Crippen molar-refractivity contribution < 1.29 is 14.7 Å². The minimum atomic E-state index is -1.07. The highest BCUT2D eigenvalue weighted by molar-refractivity contribution is 5.96. The summed E-state index contributed by atoms with van der Waals surface area (Å²) < 4.78 is 0. The predicted octanol–water partition coefficient (Wildman–Crippen LogP) is 0.306. The van der Waals surface area contributed by atoms with Crippen molar-refractivity contribution in [2.75, 3.05) is 13.6 Å². The summed E-state index contributed by atoms with van der Waals surface area (Å²) in [4.78, 5) is 24.4. The number of nitrogens with zero attached hydrogens (tertiary/aromatic N) is 1. The van der Waals surface area contributed by atoms with Crippen LogP contribution in [-0.4, -0.2) is 47.6 Å². The maximum absolute atomic E-state index is 11.5. The number of aliphatic carboxylic acids is 1. The minimum Gasteiger partial charge on any atom is -0.481 e. The monoisotopic (exact) mass is 228 g/mol. The van der Waals surface area contributed by atoms with Crippen LogP contribution in [0.25, 0.3) is 0 Å². The van der Waals surface area contributed by atoms with E-state index in [9.17, 15) is 9.59 Å². The molecule has 0 aromatic carbocycles. The number of carboxylic acid groups (broad SMARTS) is 1. The Hall–Kier alpha value is -1.10. The van der Waals surface area contributed by atoms with Crippen LogP contribution >= 0.6 is 0 Å². The van der Waals surface area contributed by atoms with Crippen molar-refractivity contribution in [2.45, 2.75) is 38.8 Å². The first-order valence-corrected chi connectivity index (χ1v) is 5.65. The lowest BCUT2D eigenvalue weighted by Crippen LogP contribution is -2.49. The average molecular weight is 228 g/mol. The van der Waals surface area contributed by atoms with Crippen LogP contribution in [0.15, 0.2) is 0 Å². The fraction of sp³-hybridized carbons (Fsp3) is 0.818. The molecule has 0 aliphatic carbocycles. The summed E-state index contributed by atoms with van der Waals surface area (Å²) in [7, 11) is 2.06. The normalized spacial score (nSPS) is 28.4. The van der Waals surface area contributed by atoms with Gasteiger partial charge in [0.1, 0.15) is 5.92 Å². The lowest BCUT2D eigenvalue weighted by molar-refractivity contribution is -0.146. The highest BCUT2D eigenvalue weighted by atomic mass is 16.4. The van der Waals surface area contributed by atoms with Gasteiger partial charge in [0.15, 0.2) is 0 Å². The lowest BCUT2D eigenvalue weighted by Gasteiger charge is -2.35. The van der Waals surface area contributed by atoms with Gasteiger partial charge in [-0.15, -0.1) is 0 Å². The number of hydrogen-bond donors (Lipinski definition) is 2. The van der Waals surface area contributed by atoms with Gasteiger partial charge in [-0.3, -0.25) is 9.59 Å². The van der Waals surface area contributed by atoms with Crippen molar-refractivity contribution in [1.82, 2.24) is 10.2 Å². The zero-order chi connectivity index (χ0) is 12.3. The van der Waals surface area contributed by atoms with Crippen LogP contribution in [0.4, 0.5) is 0 Å². The number of hydrogen-bond acceptors (Lipinski definition) is 3. The first-order chi connectivity index (χ1) is 7.41. The molecule has 16 heavy (non-hydrogen) atoms. The largest absolute Gasteiger partial charge is 0.481 e. The highest BCUT2D eigenvalue weighted by Crippen LogP contribution is 2.15. The minimum absolute atomic E-state index is 0.112. The number of carbonyl (C=O) groups excluding carboxylic acids is 1. The summed E-state index contributed by atoms with van der Waals surface area (Å²) in [5, 5.41) is 11.5. The second-order valence-corrected chi connectivity index (χ2v) is 4.62. The molecule has 1 rings (SSSR count). The van der Waals surface area contributed by atoms with Gasteiger partial charge in [-0.05, 0) is 33.7 Å². The van der Waals surface area contributed by atoms with Crippen molar-refractivity contribution >= 4 is 11.9 Å². The number of piperidine rings is 1. The molecule has 1 fully saturated rings. The number of amides is 1. The third-order valence-electron chi connectivity index (χ3n) is 3.32. The summed E-state index contributed by atoms with van der Waals surface area (Å²) in [5.74, 6) is -2.41. The van der Waals surface area contributed by atoms with Crippen LogP contribution in [0.1, 0.15) is 26.7 Å². The van der Waals surface area contributed by atoms with E-state index in [0.29, 0.717) is 6.04 Å². The van der Waals surface area contributed by atoms with Crippen molar-refractivity contribution in [2.24, 2.45) is 5.92 Å². The fourth-order valence-corrected chi connectivity index (χ4v) is 1.86. The van der Waals surface area contributed by atoms with E-state index in [-0.39, 0.29) is 11.9 Å². The third-order valence-corrected chi connectivity index (χ3v) is 3.32. The Bertz CT molecular complexity index is 280. The Morgan fingerprint density at radius 1 is 1.50 bits per heavy atom. The molecule has 0 saturated carbocycles. The first kappa shape index (κ1) is 13.0. The van der Waals surface area contributed by atoms with E-state index in [2.05, 4.69) is 24.2 Å². The zero-order valence-electron chi connectivity index (χ0n) is 10.1. The summed E-state index contributed by atoms with van der Waals surface area (Å²) in [6.07, 6.45) is 1.77. The Kier molecular flexibility index (Phi) is 4.29. The topological polar surface area (TPSA) is 69.6 Å². The molecular formula is C11H20N2O3. The second-order valence-electron chi connectivity index (χ2n) is 4.62. The molecule has 0 bridgehead atoms. The van der Waals surface area contributed by atoms with E-state index >= 15 is 0 Å². The van der Waals surface area contributed by atoms with Crippen LogP contribution in [0.2, 0.25) is 0 Å². The molecule has 1 aliphatic rings. The SMILES string of the molecule is CC(C(=O)O)C(=O)NC1CCN(C)C(C)C1. The van der Waals surface area contributed by atoms with Crippen LogP contribution < -0.4 is 5.32 Å². The average Bonchev–Trinajstić information content (AvgIpc) is 2.22. The van der Waals surface area contributed by atoms with Crippen LogP contribution in [0, 0.1) is 5.92 Å².